The minimum atomic E-state index is 0.277. The smallest absolute Gasteiger partial charge is 0.187 e. The fourth-order valence-corrected chi connectivity index (χ4v) is 1.34. The van der Waals surface area contributed by atoms with Gasteiger partial charge in [0.15, 0.2) is 5.69 Å². The Morgan fingerprint density at radius 3 is 2.00 bits per heavy atom. The van der Waals surface area contributed by atoms with Gasteiger partial charge < -0.3 is 0 Å². The van der Waals surface area contributed by atoms with Crippen LogP contribution >= 0.6 is 0 Å². The third-order valence-electron chi connectivity index (χ3n) is 2.82. The molecule has 1 nitrogen and oxygen atoms in total. The summed E-state index contributed by atoms with van der Waals surface area (Å²) >= 11 is 0. The van der Waals surface area contributed by atoms with Crippen LogP contribution in [0.3, 0.4) is 0 Å². The van der Waals surface area contributed by atoms with Crippen LogP contribution < -0.4 is 0 Å². The molecule has 1 rings (SSSR count). The van der Waals surface area contributed by atoms with Gasteiger partial charge in [-0.3, -0.25) is 0 Å². The molecule has 0 aliphatic heterocycles. The molecule has 0 spiro atoms. The van der Waals surface area contributed by atoms with Crippen molar-refractivity contribution in [3.63, 3.8) is 0 Å². The second-order valence-corrected chi connectivity index (χ2v) is 4.79. The first kappa shape index (κ1) is 10.8. The summed E-state index contributed by atoms with van der Waals surface area (Å²) in [6, 6.07) is 7.90. The molecule has 74 valence electrons. The van der Waals surface area contributed by atoms with Crippen molar-refractivity contribution < 1.29 is 0 Å². The standard InChI is InChI=1S/C13H17N/c1-10(13(2,3)4)11-6-8-12(14-5)9-7-11/h6-10H,1-4H3/t10-/m1/s1. The van der Waals surface area contributed by atoms with Crippen LogP contribution in [0.4, 0.5) is 5.69 Å². The summed E-state index contributed by atoms with van der Waals surface area (Å²) in [6.45, 7) is 15.8. The lowest BCUT2D eigenvalue weighted by Gasteiger charge is -2.27. The topological polar surface area (TPSA) is 4.36 Å². The molecule has 1 atom stereocenters. The van der Waals surface area contributed by atoms with Gasteiger partial charge in [0.2, 0.25) is 0 Å². The van der Waals surface area contributed by atoms with E-state index in [4.69, 9.17) is 6.57 Å². The van der Waals surface area contributed by atoms with Crippen LogP contribution in [-0.4, -0.2) is 0 Å². The van der Waals surface area contributed by atoms with Gasteiger partial charge in [-0.25, -0.2) is 4.85 Å². The van der Waals surface area contributed by atoms with Gasteiger partial charge in [-0.15, -0.1) is 0 Å². The Hall–Kier alpha value is -1.29. The Kier molecular flexibility index (Phi) is 2.96. The summed E-state index contributed by atoms with van der Waals surface area (Å²) in [5.74, 6) is 0.516. The van der Waals surface area contributed by atoms with Crippen LogP contribution in [-0.2, 0) is 0 Å². The summed E-state index contributed by atoms with van der Waals surface area (Å²) in [7, 11) is 0. The van der Waals surface area contributed by atoms with E-state index in [2.05, 4.69) is 44.7 Å². The van der Waals surface area contributed by atoms with Gasteiger partial charge in [-0.2, -0.15) is 0 Å². The quantitative estimate of drug-likeness (QED) is 0.574. The molecule has 0 amide bonds. The molecule has 1 aromatic carbocycles. The van der Waals surface area contributed by atoms with Crippen LogP contribution in [0.1, 0.15) is 39.2 Å². The molecule has 0 fully saturated rings. The Labute approximate surface area is 86.6 Å². The van der Waals surface area contributed by atoms with E-state index in [1.807, 2.05) is 12.1 Å². The van der Waals surface area contributed by atoms with Crippen LogP contribution in [0, 0.1) is 12.0 Å². The van der Waals surface area contributed by atoms with E-state index in [-0.39, 0.29) is 5.41 Å². The molecule has 0 saturated carbocycles. The summed E-state index contributed by atoms with van der Waals surface area (Å²) in [5.41, 5.74) is 2.30. The van der Waals surface area contributed by atoms with E-state index >= 15 is 0 Å². The van der Waals surface area contributed by atoms with Crippen molar-refractivity contribution in [3.05, 3.63) is 41.2 Å². The van der Waals surface area contributed by atoms with Gasteiger partial charge in [0, 0.05) is 0 Å². The van der Waals surface area contributed by atoms with E-state index in [1.54, 1.807) is 0 Å². The van der Waals surface area contributed by atoms with Gasteiger partial charge in [-0.1, -0.05) is 52.0 Å². The Bertz CT molecular complexity index is 335. The number of hydrogen-bond acceptors (Lipinski definition) is 0. The van der Waals surface area contributed by atoms with Crippen LogP contribution in [0.15, 0.2) is 24.3 Å². The number of benzene rings is 1. The third-order valence-corrected chi connectivity index (χ3v) is 2.82. The lowest BCUT2D eigenvalue weighted by molar-refractivity contribution is 0.339. The summed E-state index contributed by atoms with van der Waals surface area (Å²) < 4.78 is 0. The highest BCUT2D eigenvalue weighted by Crippen LogP contribution is 2.34. The highest BCUT2D eigenvalue weighted by atomic mass is 14.6. The van der Waals surface area contributed by atoms with Crippen molar-refractivity contribution in [2.24, 2.45) is 5.41 Å². The molecule has 0 radical (unpaired) electrons. The zero-order valence-electron chi connectivity index (χ0n) is 9.33. The Balaban J connectivity index is 2.94. The summed E-state index contributed by atoms with van der Waals surface area (Å²) in [4.78, 5) is 3.38. The second-order valence-electron chi connectivity index (χ2n) is 4.79. The zero-order chi connectivity index (χ0) is 10.8. The molecule has 0 unspecified atom stereocenters. The lowest BCUT2D eigenvalue weighted by atomic mass is 9.78. The molecule has 0 N–H and O–H groups in total. The van der Waals surface area contributed by atoms with Crippen molar-refractivity contribution in [2.45, 2.75) is 33.6 Å². The van der Waals surface area contributed by atoms with Crippen molar-refractivity contribution in [1.82, 2.24) is 0 Å². The van der Waals surface area contributed by atoms with Gasteiger partial charge in [0.25, 0.3) is 0 Å². The van der Waals surface area contributed by atoms with E-state index < -0.39 is 0 Å². The fourth-order valence-electron chi connectivity index (χ4n) is 1.34. The fraction of sp³-hybridized carbons (Fsp3) is 0.462. The second kappa shape index (κ2) is 3.84. The average Bonchev–Trinajstić information content (AvgIpc) is 2.15. The molecule has 1 aromatic rings. The predicted octanol–water partition coefficient (Wildman–Crippen LogP) is 4.39. The molecule has 0 saturated heterocycles. The van der Waals surface area contributed by atoms with Gasteiger partial charge in [0.1, 0.15) is 0 Å². The van der Waals surface area contributed by atoms with Crippen LogP contribution in [0.2, 0.25) is 0 Å². The summed E-state index contributed by atoms with van der Waals surface area (Å²) in [6.07, 6.45) is 0. The molecule has 0 aromatic heterocycles. The minimum Gasteiger partial charge on any atom is -0.238 e. The van der Waals surface area contributed by atoms with Gasteiger partial charge in [-0.05, 0) is 16.9 Å². The Morgan fingerprint density at radius 2 is 1.64 bits per heavy atom. The Morgan fingerprint density at radius 1 is 1.14 bits per heavy atom. The van der Waals surface area contributed by atoms with E-state index in [0.717, 1.165) is 5.69 Å². The SMILES string of the molecule is [C-]#[N+]c1ccc([C@@H](C)C(C)(C)C)cc1. The molecular formula is C13H17N. The first-order valence-corrected chi connectivity index (χ1v) is 4.92. The summed E-state index contributed by atoms with van der Waals surface area (Å²) in [5, 5.41) is 0. The van der Waals surface area contributed by atoms with E-state index in [1.165, 1.54) is 5.56 Å². The average molecular weight is 187 g/mol. The van der Waals surface area contributed by atoms with Crippen molar-refractivity contribution in [2.75, 3.05) is 0 Å². The van der Waals surface area contributed by atoms with Gasteiger partial charge in [0.05, 0.1) is 6.57 Å². The first-order valence-electron chi connectivity index (χ1n) is 4.92. The lowest BCUT2D eigenvalue weighted by Crippen LogP contribution is -2.14. The third kappa shape index (κ3) is 2.35. The number of hydrogen-bond donors (Lipinski definition) is 0. The molecule has 0 bridgehead atoms. The molecule has 14 heavy (non-hydrogen) atoms. The first-order chi connectivity index (χ1) is 6.45. The molecule has 1 heteroatoms. The van der Waals surface area contributed by atoms with Crippen LogP contribution in [0.25, 0.3) is 4.85 Å². The zero-order valence-corrected chi connectivity index (χ0v) is 9.33. The number of rotatable bonds is 1. The van der Waals surface area contributed by atoms with Crippen molar-refractivity contribution in [3.8, 4) is 0 Å². The largest absolute Gasteiger partial charge is 0.238 e. The maximum atomic E-state index is 6.87. The van der Waals surface area contributed by atoms with E-state index in [9.17, 15) is 0 Å². The minimum absolute atomic E-state index is 0.277. The van der Waals surface area contributed by atoms with Crippen molar-refractivity contribution in [1.29, 1.82) is 0 Å². The van der Waals surface area contributed by atoms with Crippen molar-refractivity contribution >= 4 is 5.69 Å². The molecule has 0 aliphatic rings. The predicted molar refractivity (Wildman–Crippen MR) is 60.6 cm³/mol. The molecule has 0 aliphatic carbocycles. The van der Waals surface area contributed by atoms with Gasteiger partial charge >= 0.3 is 0 Å². The van der Waals surface area contributed by atoms with Crippen LogP contribution in [0.5, 0.6) is 0 Å². The normalized spacial score (nSPS) is 13.4. The monoisotopic (exact) mass is 187 g/mol. The highest BCUT2D eigenvalue weighted by molar-refractivity contribution is 5.46. The number of nitrogens with zero attached hydrogens (tertiary/aromatic N) is 1. The molecule has 0 heterocycles. The highest BCUT2D eigenvalue weighted by Gasteiger charge is 2.21. The molecular weight excluding hydrogens is 170 g/mol. The maximum absolute atomic E-state index is 6.87. The maximum Gasteiger partial charge on any atom is 0.187 e. The van der Waals surface area contributed by atoms with E-state index in [0.29, 0.717) is 5.92 Å².